The van der Waals surface area contributed by atoms with Crippen molar-refractivity contribution in [3.8, 4) is 0 Å². The Labute approximate surface area is 305 Å². The van der Waals surface area contributed by atoms with Crippen molar-refractivity contribution >= 4 is 40.2 Å². The number of hydrogen-bond donors (Lipinski definition) is 0. The van der Waals surface area contributed by atoms with Crippen molar-refractivity contribution in [3.63, 3.8) is 0 Å². The number of nitrogens with zero attached hydrogens (tertiary/aromatic N) is 1. The van der Waals surface area contributed by atoms with E-state index < -0.39 is 0 Å². The molecule has 0 amide bonds. The van der Waals surface area contributed by atoms with E-state index in [1.54, 1.807) is 5.57 Å². The van der Waals surface area contributed by atoms with Crippen LogP contribution in [0.4, 0.5) is 17.1 Å². The Morgan fingerprint density at radius 1 is 0.725 bits per heavy atom. The van der Waals surface area contributed by atoms with Crippen LogP contribution in [0.25, 0.3) is 0 Å². The van der Waals surface area contributed by atoms with Crippen LogP contribution in [0.5, 0.6) is 0 Å². The molecule has 0 N–H and O–H groups in total. The van der Waals surface area contributed by atoms with Gasteiger partial charge in [0.1, 0.15) is 0 Å². The highest BCUT2D eigenvalue weighted by molar-refractivity contribution is 6.99. The van der Waals surface area contributed by atoms with Gasteiger partial charge in [-0.2, -0.15) is 0 Å². The molecule has 252 valence electrons. The van der Waals surface area contributed by atoms with Gasteiger partial charge in [-0.25, -0.2) is 0 Å². The first-order valence-electron chi connectivity index (χ1n) is 19.2. The number of fused-ring (bicyclic) bond motifs is 4. The molecule has 1 nitrogen and oxygen atoms in total. The second-order valence-corrected chi connectivity index (χ2v) is 16.0. The Balaban J connectivity index is 1.24. The lowest BCUT2D eigenvalue weighted by Crippen LogP contribution is -2.61. The molecule has 2 heterocycles. The molecular weight excluding hydrogens is 613 g/mol. The third kappa shape index (κ3) is 5.38. The minimum atomic E-state index is -0.159. The van der Waals surface area contributed by atoms with E-state index in [9.17, 15) is 0 Å². The van der Waals surface area contributed by atoms with Gasteiger partial charge in [0.25, 0.3) is 0 Å². The molecule has 5 aromatic carbocycles. The number of para-hydroxylation sites is 1. The van der Waals surface area contributed by atoms with E-state index in [0.717, 1.165) is 6.42 Å². The summed E-state index contributed by atoms with van der Waals surface area (Å²) in [6.45, 7) is 9.73. The molecule has 2 heteroatoms. The topological polar surface area (TPSA) is 3.24 Å². The maximum atomic E-state index is 2.61. The summed E-state index contributed by atoms with van der Waals surface area (Å²) in [6.07, 6.45) is 15.6. The Morgan fingerprint density at radius 3 is 2.29 bits per heavy atom. The van der Waals surface area contributed by atoms with Crippen LogP contribution in [0, 0.1) is 11.8 Å². The molecule has 3 unspecified atom stereocenters. The van der Waals surface area contributed by atoms with Crippen LogP contribution in [0.1, 0.15) is 87.1 Å². The van der Waals surface area contributed by atoms with Gasteiger partial charge in [-0.1, -0.05) is 153 Å². The molecule has 0 saturated carbocycles. The van der Waals surface area contributed by atoms with Crippen molar-refractivity contribution in [2.24, 2.45) is 11.8 Å². The van der Waals surface area contributed by atoms with E-state index in [1.165, 1.54) is 92.5 Å². The summed E-state index contributed by atoms with van der Waals surface area (Å²) in [7, 11) is 0. The van der Waals surface area contributed by atoms with Gasteiger partial charge in [0.2, 0.25) is 6.71 Å². The minimum absolute atomic E-state index is 0.159. The van der Waals surface area contributed by atoms with Gasteiger partial charge in [0, 0.05) is 34.3 Å². The van der Waals surface area contributed by atoms with Gasteiger partial charge in [-0.15, -0.1) is 0 Å². The normalized spacial score (nSPS) is 20.6. The van der Waals surface area contributed by atoms with Gasteiger partial charge in [-0.3, -0.25) is 0 Å². The number of hydrogen-bond acceptors (Lipinski definition) is 1. The Hall–Kier alpha value is -4.82. The molecule has 5 aromatic rings. The fourth-order valence-corrected chi connectivity index (χ4v) is 9.91. The first-order valence-corrected chi connectivity index (χ1v) is 19.2. The van der Waals surface area contributed by atoms with Crippen LogP contribution in [-0.2, 0) is 11.8 Å². The van der Waals surface area contributed by atoms with Crippen LogP contribution in [0.2, 0.25) is 0 Å². The molecule has 2 aliphatic carbocycles. The lowest BCUT2D eigenvalue weighted by atomic mass is 9.31. The van der Waals surface area contributed by atoms with E-state index in [1.807, 2.05) is 0 Å². The van der Waals surface area contributed by atoms with Gasteiger partial charge in [0.05, 0.1) is 0 Å². The molecule has 4 aliphatic rings. The van der Waals surface area contributed by atoms with Gasteiger partial charge < -0.3 is 4.90 Å². The summed E-state index contributed by atoms with van der Waals surface area (Å²) >= 11 is 0. The zero-order valence-corrected chi connectivity index (χ0v) is 30.6. The lowest BCUT2D eigenvalue weighted by molar-refractivity contribution is 0.383. The molecule has 9 rings (SSSR count). The summed E-state index contributed by atoms with van der Waals surface area (Å²) in [5.41, 5.74) is 18.3. The quantitative estimate of drug-likeness (QED) is 0.127. The molecule has 0 radical (unpaired) electrons. The van der Waals surface area contributed by atoms with E-state index in [2.05, 4.69) is 172 Å². The number of allylic oxidation sites excluding steroid dienone is 6. The predicted octanol–water partition coefficient (Wildman–Crippen LogP) is 10.6. The van der Waals surface area contributed by atoms with Gasteiger partial charge in [0.15, 0.2) is 0 Å². The molecule has 0 aromatic heterocycles. The second-order valence-electron chi connectivity index (χ2n) is 16.0. The molecule has 0 fully saturated rings. The fourth-order valence-electron chi connectivity index (χ4n) is 9.91. The zero-order chi connectivity index (χ0) is 34.7. The molecule has 2 aliphatic heterocycles. The van der Waals surface area contributed by atoms with Crippen molar-refractivity contribution in [1.29, 1.82) is 0 Å². The minimum Gasteiger partial charge on any atom is -0.311 e. The highest BCUT2D eigenvalue weighted by atomic mass is 15.2. The number of benzene rings is 5. The lowest BCUT2D eigenvalue weighted by Gasteiger charge is -2.43. The maximum Gasteiger partial charge on any atom is 0.247 e. The van der Waals surface area contributed by atoms with E-state index in [4.69, 9.17) is 0 Å². The molecular formula is C49H48BN. The summed E-state index contributed by atoms with van der Waals surface area (Å²) in [6, 6.07) is 44.1. The third-order valence-corrected chi connectivity index (χ3v) is 12.7. The smallest absolute Gasteiger partial charge is 0.247 e. The highest BCUT2D eigenvalue weighted by Gasteiger charge is 2.43. The number of rotatable bonds is 6. The van der Waals surface area contributed by atoms with Crippen LogP contribution >= 0.6 is 0 Å². The first kappa shape index (κ1) is 32.1. The summed E-state index contributed by atoms with van der Waals surface area (Å²) in [5.74, 6) is 1.45. The highest BCUT2D eigenvalue weighted by Crippen LogP contribution is 2.45. The Bertz CT molecular complexity index is 2200. The van der Waals surface area contributed by atoms with Gasteiger partial charge in [-0.05, 0) is 108 Å². The molecule has 51 heavy (non-hydrogen) atoms. The summed E-state index contributed by atoms with van der Waals surface area (Å²) < 4.78 is 0. The Morgan fingerprint density at radius 2 is 1.49 bits per heavy atom. The van der Waals surface area contributed by atoms with Crippen molar-refractivity contribution in [2.75, 3.05) is 4.90 Å². The van der Waals surface area contributed by atoms with Crippen molar-refractivity contribution < 1.29 is 0 Å². The van der Waals surface area contributed by atoms with Crippen molar-refractivity contribution in [2.45, 2.75) is 71.1 Å². The van der Waals surface area contributed by atoms with Crippen LogP contribution < -0.4 is 21.3 Å². The third-order valence-electron chi connectivity index (χ3n) is 12.7. The van der Waals surface area contributed by atoms with Gasteiger partial charge >= 0.3 is 0 Å². The van der Waals surface area contributed by atoms with E-state index >= 15 is 0 Å². The first-order chi connectivity index (χ1) is 24.9. The second kappa shape index (κ2) is 12.7. The standard InChI is InChI=1S/C49H48BN/c1-33-17-11-13-23-40(33)42-25-14-12-18-36(42)29-35-27-28-45-46(30-35)51(39-21-9-6-10-22-39)47-32-38(49(3,4)37-19-7-5-8-20-37)31-43-34(2)41-24-15-16-26-44(41)50(45)48(43)47/h5-11,14-17,19-22,24-28,30-32,34,36,42H,12-13,18,23,29H2,1-4H3. The van der Waals surface area contributed by atoms with Crippen LogP contribution in [0.3, 0.4) is 0 Å². The molecule has 0 saturated heterocycles. The largest absolute Gasteiger partial charge is 0.311 e. The molecule has 3 atom stereocenters. The number of anilines is 3. The molecule has 0 spiro atoms. The summed E-state index contributed by atoms with van der Waals surface area (Å²) in [4.78, 5) is 2.61. The van der Waals surface area contributed by atoms with Crippen molar-refractivity contribution in [3.05, 3.63) is 179 Å². The predicted molar refractivity (Wildman–Crippen MR) is 218 cm³/mol. The monoisotopic (exact) mass is 661 g/mol. The zero-order valence-electron chi connectivity index (χ0n) is 30.6. The van der Waals surface area contributed by atoms with Crippen LogP contribution in [-0.4, -0.2) is 6.71 Å². The maximum absolute atomic E-state index is 2.61. The molecule has 0 bridgehead atoms. The van der Waals surface area contributed by atoms with Crippen molar-refractivity contribution in [1.82, 2.24) is 0 Å². The fraction of sp³-hybridized carbons (Fsp3) is 0.265. The SMILES string of the molecule is CC1=C(C2C=CCCC2Cc2ccc3c(c2)N(c2ccccc2)c2cc(C(C)(C)c4ccccc4)cc4c2B3c2ccccc2C4C)CCC=C1. The summed E-state index contributed by atoms with van der Waals surface area (Å²) in [5, 5.41) is 0. The Kier molecular flexibility index (Phi) is 8.03. The van der Waals surface area contributed by atoms with Crippen LogP contribution in [0.15, 0.2) is 151 Å². The van der Waals surface area contributed by atoms with E-state index in [-0.39, 0.29) is 12.1 Å². The average Bonchev–Trinajstić information content (AvgIpc) is 3.17. The average molecular weight is 662 g/mol. The van der Waals surface area contributed by atoms with E-state index in [0.29, 0.717) is 17.8 Å².